The summed E-state index contributed by atoms with van der Waals surface area (Å²) in [5, 5.41) is 30.6. The molecular weight excluding hydrogens is 482 g/mol. The summed E-state index contributed by atoms with van der Waals surface area (Å²) in [5.41, 5.74) is 6.75. The second-order valence-electron chi connectivity index (χ2n) is 8.96. The molecule has 0 aromatic heterocycles. The molecule has 0 fully saturated rings. The first-order valence-electron chi connectivity index (χ1n) is 12.1. The lowest BCUT2D eigenvalue weighted by Gasteiger charge is -2.45. The number of benzene rings is 2. The largest absolute Gasteiger partial charge is 0.493 e. The van der Waals surface area contributed by atoms with Crippen LogP contribution in [0.4, 0.5) is 4.79 Å². The first-order chi connectivity index (χ1) is 18.4. The average Bonchev–Trinajstić information content (AvgIpc) is 2.96. The van der Waals surface area contributed by atoms with Crippen LogP contribution in [0.15, 0.2) is 71.5 Å². The van der Waals surface area contributed by atoms with E-state index >= 15 is 0 Å². The van der Waals surface area contributed by atoms with E-state index in [-0.39, 0.29) is 31.0 Å². The summed E-state index contributed by atoms with van der Waals surface area (Å²) in [7, 11) is 1.51. The highest BCUT2D eigenvalue weighted by Gasteiger charge is 2.55. The second kappa shape index (κ2) is 11.0. The molecule has 0 spiro atoms. The van der Waals surface area contributed by atoms with Gasteiger partial charge in [-0.3, -0.25) is 0 Å². The number of carbonyl (C=O) groups is 1. The minimum Gasteiger partial charge on any atom is -0.493 e. The number of nitriles is 3. The van der Waals surface area contributed by atoms with Crippen LogP contribution in [0.2, 0.25) is 0 Å². The molecule has 0 radical (unpaired) electrons. The lowest BCUT2D eigenvalue weighted by atomic mass is 9.58. The van der Waals surface area contributed by atoms with Crippen LogP contribution in [-0.2, 0) is 11.3 Å². The van der Waals surface area contributed by atoms with Gasteiger partial charge in [0.2, 0.25) is 0 Å². The van der Waals surface area contributed by atoms with Crippen molar-refractivity contribution in [3.63, 3.8) is 0 Å². The van der Waals surface area contributed by atoms with E-state index in [1.54, 1.807) is 31.2 Å². The summed E-state index contributed by atoms with van der Waals surface area (Å²) in [5.74, 6) is -0.449. The summed E-state index contributed by atoms with van der Waals surface area (Å²) in [6.45, 7) is 2.61. The van der Waals surface area contributed by atoms with E-state index in [9.17, 15) is 20.6 Å². The Labute approximate surface area is 221 Å². The lowest BCUT2D eigenvalue weighted by Crippen LogP contribution is -2.49. The van der Waals surface area contributed by atoms with Crippen molar-refractivity contribution in [2.24, 2.45) is 17.1 Å². The minimum absolute atomic E-state index is 0.0922. The van der Waals surface area contributed by atoms with Gasteiger partial charge < -0.3 is 24.8 Å². The summed E-state index contributed by atoms with van der Waals surface area (Å²) in [6, 6.07) is 21.2. The summed E-state index contributed by atoms with van der Waals surface area (Å²) in [6.07, 6.45) is 1.24. The molecule has 2 aliphatic rings. The van der Waals surface area contributed by atoms with E-state index in [4.69, 9.17) is 19.9 Å². The van der Waals surface area contributed by atoms with E-state index in [2.05, 4.69) is 18.2 Å². The van der Waals surface area contributed by atoms with Crippen LogP contribution in [0.3, 0.4) is 0 Å². The predicted octanol–water partition coefficient (Wildman–Crippen LogP) is 4.16. The van der Waals surface area contributed by atoms with E-state index in [0.717, 1.165) is 5.56 Å². The summed E-state index contributed by atoms with van der Waals surface area (Å²) >= 11 is 0. The van der Waals surface area contributed by atoms with E-state index in [1.165, 1.54) is 12.0 Å². The number of hydrogen-bond acceptors (Lipinski definition) is 8. The first-order valence-corrected chi connectivity index (χ1v) is 12.1. The molecule has 9 nitrogen and oxygen atoms in total. The molecule has 1 amide bonds. The Morgan fingerprint density at radius 3 is 2.50 bits per heavy atom. The van der Waals surface area contributed by atoms with Crippen LogP contribution in [0.5, 0.6) is 11.5 Å². The van der Waals surface area contributed by atoms with Crippen molar-refractivity contribution in [3.05, 3.63) is 82.6 Å². The van der Waals surface area contributed by atoms with Gasteiger partial charge in [0.05, 0.1) is 37.1 Å². The topological polar surface area (TPSA) is 145 Å². The molecule has 2 atom stereocenters. The molecule has 1 aliphatic heterocycles. The lowest BCUT2D eigenvalue weighted by molar-refractivity contribution is 0.0999. The quantitative estimate of drug-likeness (QED) is 0.611. The van der Waals surface area contributed by atoms with Crippen molar-refractivity contribution in [1.29, 1.82) is 15.8 Å². The monoisotopic (exact) mass is 509 g/mol. The maximum absolute atomic E-state index is 12.6. The third-order valence-corrected chi connectivity index (χ3v) is 6.97. The van der Waals surface area contributed by atoms with Crippen molar-refractivity contribution in [2.45, 2.75) is 19.4 Å². The number of carbonyl (C=O) groups excluding carboxylic acids is 1. The number of hydrogen-bond donors (Lipinski definition) is 1. The van der Waals surface area contributed by atoms with Crippen molar-refractivity contribution in [2.75, 3.05) is 26.8 Å². The molecule has 2 aromatic rings. The number of nitrogens with zero attached hydrogens (tertiary/aromatic N) is 4. The van der Waals surface area contributed by atoms with Gasteiger partial charge in [-0.1, -0.05) is 42.5 Å². The van der Waals surface area contributed by atoms with Crippen molar-refractivity contribution in [3.8, 4) is 29.7 Å². The van der Waals surface area contributed by atoms with Crippen molar-refractivity contribution in [1.82, 2.24) is 4.90 Å². The number of ether oxygens (including phenoxy) is 3. The third-order valence-electron chi connectivity index (χ3n) is 6.97. The first kappa shape index (κ1) is 26.1. The van der Waals surface area contributed by atoms with Gasteiger partial charge >= 0.3 is 6.09 Å². The van der Waals surface area contributed by atoms with Crippen molar-refractivity contribution >= 4 is 6.09 Å². The van der Waals surface area contributed by atoms with Gasteiger partial charge in [0, 0.05) is 24.9 Å². The second-order valence-corrected chi connectivity index (χ2v) is 8.96. The molecule has 192 valence electrons. The average molecular weight is 510 g/mol. The molecule has 4 rings (SSSR count). The predicted molar refractivity (Wildman–Crippen MR) is 137 cm³/mol. The van der Waals surface area contributed by atoms with Gasteiger partial charge in [-0.2, -0.15) is 15.8 Å². The molecule has 0 bridgehead atoms. The van der Waals surface area contributed by atoms with Gasteiger partial charge in [-0.15, -0.1) is 0 Å². The zero-order valence-corrected chi connectivity index (χ0v) is 21.2. The Hall–Kier alpha value is -4.94. The molecule has 38 heavy (non-hydrogen) atoms. The molecular formula is C29H27N5O4. The highest BCUT2D eigenvalue weighted by atomic mass is 16.6. The van der Waals surface area contributed by atoms with Crippen LogP contribution >= 0.6 is 0 Å². The van der Waals surface area contributed by atoms with Crippen LogP contribution in [-0.4, -0.2) is 37.8 Å². The fourth-order valence-electron chi connectivity index (χ4n) is 5.15. The van der Waals surface area contributed by atoms with Gasteiger partial charge in [-0.05, 0) is 35.8 Å². The third kappa shape index (κ3) is 4.49. The zero-order chi connectivity index (χ0) is 27.3. The van der Waals surface area contributed by atoms with Gasteiger partial charge in [0.15, 0.2) is 16.9 Å². The van der Waals surface area contributed by atoms with E-state index < -0.39 is 23.3 Å². The molecule has 2 N–H and O–H groups in total. The molecule has 0 unspecified atom stereocenters. The number of fused-ring (bicyclic) bond motifs is 1. The Balaban J connectivity index is 1.80. The van der Waals surface area contributed by atoms with Crippen molar-refractivity contribution < 1.29 is 19.0 Å². The van der Waals surface area contributed by atoms with E-state index in [0.29, 0.717) is 29.2 Å². The standard InChI is InChI=1S/C29H27N5O4/c1-3-37-28(35)34-12-11-21-22(14-30)27(33)29(17-31,18-32)26(23(21)15-34)20-9-10-24(25(13-20)36-2)38-16-19-7-5-4-6-8-19/h4-11,13,23,26H,3,12,15-16,33H2,1-2H3/t23-,26-/m0/s1. The fraction of sp³-hybridized carbons (Fsp3) is 0.310. The molecule has 9 heteroatoms. The summed E-state index contributed by atoms with van der Waals surface area (Å²) in [4.78, 5) is 14.1. The highest BCUT2D eigenvalue weighted by molar-refractivity contribution is 5.69. The van der Waals surface area contributed by atoms with Gasteiger partial charge in [-0.25, -0.2) is 4.79 Å². The Morgan fingerprint density at radius 1 is 1.13 bits per heavy atom. The Morgan fingerprint density at radius 2 is 1.87 bits per heavy atom. The maximum atomic E-state index is 12.6. The minimum atomic E-state index is -1.85. The molecule has 0 saturated carbocycles. The molecule has 2 aromatic carbocycles. The zero-order valence-electron chi connectivity index (χ0n) is 21.2. The van der Waals surface area contributed by atoms with E-state index in [1.807, 2.05) is 30.3 Å². The Kier molecular flexibility index (Phi) is 7.55. The number of allylic oxidation sites excluding steroid dienone is 2. The van der Waals surface area contributed by atoms with Gasteiger partial charge in [0.1, 0.15) is 12.7 Å². The number of nitrogens with two attached hydrogens (primary N) is 1. The molecule has 1 heterocycles. The number of methoxy groups -OCH3 is 1. The maximum Gasteiger partial charge on any atom is 0.410 e. The van der Waals surface area contributed by atoms with Gasteiger partial charge in [0.25, 0.3) is 0 Å². The van der Waals surface area contributed by atoms with Crippen LogP contribution < -0.4 is 15.2 Å². The number of rotatable bonds is 6. The smallest absolute Gasteiger partial charge is 0.410 e. The number of amides is 1. The SMILES string of the molecule is CCOC(=O)N1CC=C2C(C#N)=C(N)C(C#N)(C#N)[C@@H](c3ccc(OCc4ccccc4)c(OC)c3)[C@H]2C1. The van der Waals surface area contributed by atoms with Crippen LogP contribution in [0.1, 0.15) is 24.0 Å². The normalized spacial score (nSPS) is 19.7. The highest BCUT2D eigenvalue weighted by Crippen LogP contribution is 2.55. The molecule has 0 saturated heterocycles. The van der Waals surface area contributed by atoms with Crippen LogP contribution in [0.25, 0.3) is 0 Å². The Bertz CT molecular complexity index is 1400. The van der Waals surface area contributed by atoms with Crippen LogP contribution in [0, 0.1) is 45.3 Å². The fourth-order valence-corrected chi connectivity index (χ4v) is 5.15. The molecule has 1 aliphatic carbocycles. The summed E-state index contributed by atoms with van der Waals surface area (Å²) < 4.78 is 16.8.